The zero-order valence-electron chi connectivity index (χ0n) is 15.7. The molecule has 0 radical (unpaired) electrons. The number of rotatable bonds is 13. The van der Waals surface area contributed by atoms with Crippen molar-refractivity contribution in [2.45, 2.75) is 77.3 Å². The Morgan fingerprint density at radius 3 is 1.70 bits per heavy atom. The van der Waals surface area contributed by atoms with Gasteiger partial charge in [-0.15, -0.1) is 0 Å². The molecule has 1 aromatic rings. The molecule has 2 heteroatoms. The molecule has 0 aromatic heterocycles. The van der Waals surface area contributed by atoms with Gasteiger partial charge in [-0.3, -0.25) is 0 Å². The smallest absolute Gasteiger partial charge is 0.0837 e. The van der Waals surface area contributed by atoms with Crippen molar-refractivity contribution in [3.63, 3.8) is 0 Å². The first-order valence-corrected chi connectivity index (χ1v) is 12.6. The van der Waals surface area contributed by atoms with Crippen molar-refractivity contribution in [2.75, 3.05) is 19.5 Å². The van der Waals surface area contributed by atoms with E-state index in [9.17, 15) is 0 Å². The molecule has 0 heterocycles. The second-order valence-electron chi connectivity index (χ2n) is 7.49. The molecular formula is C21H38IP. The SMILES string of the molecule is CCCCCCCCCCCC[P+](C)(C)Cc1ccccc1.[I-]. The van der Waals surface area contributed by atoms with Gasteiger partial charge in [0.15, 0.2) is 0 Å². The Morgan fingerprint density at radius 1 is 0.696 bits per heavy atom. The van der Waals surface area contributed by atoms with Crippen LogP contribution in [0.5, 0.6) is 0 Å². The largest absolute Gasteiger partial charge is 1.00 e. The number of benzene rings is 1. The number of halogens is 1. The Bertz CT molecular complexity index is 361. The molecule has 23 heavy (non-hydrogen) atoms. The lowest BCUT2D eigenvalue weighted by molar-refractivity contribution is -0.00000502. The fraction of sp³-hybridized carbons (Fsp3) is 0.714. The summed E-state index contributed by atoms with van der Waals surface area (Å²) < 4.78 is 0. The van der Waals surface area contributed by atoms with E-state index >= 15 is 0 Å². The van der Waals surface area contributed by atoms with Crippen LogP contribution in [0.2, 0.25) is 0 Å². The quantitative estimate of drug-likeness (QED) is 0.239. The summed E-state index contributed by atoms with van der Waals surface area (Å²) in [6.07, 6.45) is 17.3. The molecule has 0 nitrogen and oxygen atoms in total. The molecule has 0 bridgehead atoms. The minimum Gasteiger partial charge on any atom is -1.00 e. The van der Waals surface area contributed by atoms with Gasteiger partial charge in [0, 0.05) is 20.6 Å². The van der Waals surface area contributed by atoms with Crippen LogP contribution < -0.4 is 24.0 Å². The maximum Gasteiger partial charge on any atom is 0.0837 e. The average Bonchev–Trinajstić information content (AvgIpc) is 2.49. The minimum absolute atomic E-state index is 0. The van der Waals surface area contributed by atoms with Crippen molar-refractivity contribution in [3.05, 3.63) is 35.9 Å². The summed E-state index contributed by atoms with van der Waals surface area (Å²) in [4.78, 5) is 0. The number of unbranched alkanes of at least 4 members (excludes halogenated alkanes) is 9. The van der Waals surface area contributed by atoms with E-state index in [1.165, 1.54) is 82.1 Å². The second-order valence-corrected chi connectivity index (χ2v) is 12.1. The highest BCUT2D eigenvalue weighted by Crippen LogP contribution is 2.54. The Balaban J connectivity index is 0.00000484. The van der Waals surface area contributed by atoms with Crippen LogP contribution >= 0.6 is 7.26 Å². The van der Waals surface area contributed by atoms with Crippen LogP contribution in [0, 0.1) is 0 Å². The van der Waals surface area contributed by atoms with Gasteiger partial charge in [0.25, 0.3) is 0 Å². The molecular weight excluding hydrogens is 410 g/mol. The summed E-state index contributed by atoms with van der Waals surface area (Å²) in [7, 11) is -0.738. The van der Waals surface area contributed by atoms with Gasteiger partial charge in [-0.25, -0.2) is 0 Å². The van der Waals surface area contributed by atoms with Gasteiger partial charge in [-0.1, -0.05) is 88.6 Å². The molecule has 0 atom stereocenters. The maximum atomic E-state index is 2.54. The molecule has 0 aliphatic heterocycles. The lowest BCUT2D eigenvalue weighted by Crippen LogP contribution is -3.00. The molecule has 0 aliphatic rings. The lowest BCUT2D eigenvalue weighted by atomic mass is 10.1. The van der Waals surface area contributed by atoms with Gasteiger partial charge in [-0.05, 0) is 18.4 Å². The van der Waals surface area contributed by atoms with E-state index in [2.05, 4.69) is 50.6 Å². The zero-order chi connectivity index (χ0) is 16.1. The van der Waals surface area contributed by atoms with Crippen LogP contribution in [-0.2, 0) is 6.16 Å². The highest BCUT2D eigenvalue weighted by Gasteiger charge is 2.24. The van der Waals surface area contributed by atoms with Gasteiger partial charge in [-0.2, -0.15) is 0 Å². The predicted octanol–water partition coefficient (Wildman–Crippen LogP) is 4.39. The van der Waals surface area contributed by atoms with E-state index in [1.807, 2.05) is 0 Å². The summed E-state index contributed by atoms with van der Waals surface area (Å²) in [5, 5.41) is 0. The van der Waals surface area contributed by atoms with Crippen molar-refractivity contribution in [1.82, 2.24) is 0 Å². The highest BCUT2D eigenvalue weighted by atomic mass is 127. The molecule has 0 spiro atoms. The van der Waals surface area contributed by atoms with Crippen molar-refractivity contribution < 1.29 is 24.0 Å². The van der Waals surface area contributed by atoms with Crippen LogP contribution in [0.1, 0.15) is 76.7 Å². The maximum absolute atomic E-state index is 2.54. The molecule has 0 saturated heterocycles. The van der Waals surface area contributed by atoms with Crippen molar-refractivity contribution in [2.24, 2.45) is 0 Å². The molecule has 0 amide bonds. The molecule has 0 unspecified atom stereocenters. The van der Waals surface area contributed by atoms with Crippen LogP contribution in [0.25, 0.3) is 0 Å². The Labute approximate surface area is 163 Å². The fourth-order valence-corrected chi connectivity index (χ4v) is 5.62. The van der Waals surface area contributed by atoms with Crippen LogP contribution in [-0.4, -0.2) is 19.5 Å². The van der Waals surface area contributed by atoms with Crippen molar-refractivity contribution in [1.29, 1.82) is 0 Å². The van der Waals surface area contributed by atoms with Crippen LogP contribution in [0.3, 0.4) is 0 Å². The summed E-state index contributed by atoms with van der Waals surface area (Å²) in [5.41, 5.74) is 1.54. The molecule has 0 N–H and O–H groups in total. The van der Waals surface area contributed by atoms with Crippen LogP contribution in [0.4, 0.5) is 0 Å². The van der Waals surface area contributed by atoms with Gasteiger partial charge < -0.3 is 24.0 Å². The summed E-state index contributed by atoms with van der Waals surface area (Å²) in [6.45, 7) is 7.36. The first-order valence-electron chi connectivity index (χ1n) is 9.50. The third-order valence-electron chi connectivity index (χ3n) is 4.57. The van der Waals surface area contributed by atoms with Gasteiger partial charge in [0.2, 0.25) is 0 Å². The highest BCUT2D eigenvalue weighted by molar-refractivity contribution is 7.73. The van der Waals surface area contributed by atoms with Gasteiger partial charge in [0.1, 0.15) is 0 Å². The first kappa shape index (κ1) is 23.4. The van der Waals surface area contributed by atoms with E-state index in [-0.39, 0.29) is 24.0 Å². The van der Waals surface area contributed by atoms with E-state index in [1.54, 1.807) is 0 Å². The fourth-order valence-electron chi connectivity index (χ4n) is 3.18. The molecule has 0 saturated carbocycles. The predicted molar refractivity (Wildman–Crippen MR) is 106 cm³/mol. The summed E-state index contributed by atoms with van der Waals surface area (Å²) >= 11 is 0. The molecule has 1 rings (SSSR count). The molecule has 0 fully saturated rings. The first-order chi connectivity index (χ1) is 10.6. The zero-order valence-corrected chi connectivity index (χ0v) is 18.7. The van der Waals surface area contributed by atoms with E-state index in [0.29, 0.717) is 0 Å². The lowest BCUT2D eigenvalue weighted by Gasteiger charge is -2.18. The van der Waals surface area contributed by atoms with E-state index in [0.717, 1.165) is 0 Å². The normalized spacial score (nSPS) is 11.3. The summed E-state index contributed by atoms with van der Waals surface area (Å²) in [5.74, 6) is 0. The Morgan fingerprint density at radius 2 is 1.17 bits per heavy atom. The standard InChI is InChI=1S/C21H38P.HI/c1-4-5-6-7-8-9-10-11-12-16-19-22(2,3)20-21-17-14-13-15-18-21;/h13-15,17-18H,4-12,16,19-20H2,1-3H3;1H/q+1;/p-1. The van der Waals surface area contributed by atoms with Crippen molar-refractivity contribution >= 4 is 7.26 Å². The third kappa shape index (κ3) is 13.4. The Kier molecular flexibility index (Phi) is 14.9. The topological polar surface area (TPSA) is 0 Å². The van der Waals surface area contributed by atoms with Gasteiger partial charge >= 0.3 is 0 Å². The molecule has 134 valence electrons. The monoisotopic (exact) mass is 448 g/mol. The van der Waals surface area contributed by atoms with Gasteiger partial charge in [0.05, 0.1) is 12.3 Å². The summed E-state index contributed by atoms with van der Waals surface area (Å²) in [6, 6.07) is 11.1. The van der Waals surface area contributed by atoms with Crippen molar-refractivity contribution in [3.8, 4) is 0 Å². The third-order valence-corrected chi connectivity index (χ3v) is 7.32. The van der Waals surface area contributed by atoms with Crippen LogP contribution in [0.15, 0.2) is 30.3 Å². The average molecular weight is 448 g/mol. The minimum atomic E-state index is -0.738. The number of hydrogen-bond donors (Lipinski definition) is 0. The van der Waals surface area contributed by atoms with E-state index < -0.39 is 7.26 Å². The number of hydrogen-bond acceptors (Lipinski definition) is 0. The molecule has 1 aromatic carbocycles. The van der Waals surface area contributed by atoms with E-state index in [4.69, 9.17) is 0 Å². The molecule has 0 aliphatic carbocycles. The Hall–Kier alpha value is 0.380. The second kappa shape index (κ2) is 14.7.